The molecule has 2 aromatic carbocycles. The lowest BCUT2D eigenvalue weighted by Gasteiger charge is -2.09. The van der Waals surface area contributed by atoms with Crippen molar-refractivity contribution in [3.63, 3.8) is 0 Å². The van der Waals surface area contributed by atoms with E-state index in [1.54, 1.807) is 25.3 Å². The second-order valence-corrected chi connectivity index (χ2v) is 4.39. The van der Waals surface area contributed by atoms with Gasteiger partial charge >= 0.3 is 0 Å². The molecule has 0 spiro atoms. The van der Waals surface area contributed by atoms with E-state index in [1.807, 2.05) is 24.3 Å². The van der Waals surface area contributed by atoms with Gasteiger partial charge in [-0.25, -0.2) is 4.39 Å². The lowest BCUT2D eigenvalue weighted by atomic mass is 10.2. The van der Waals surface area contributed by atoms with E-state index in [-0.39, 0.29) is 11.6 Å². The summed E-state index contributed by atoms with van der Waals surface area (Å²) >= 11 is 0. The van der Waals surface area contributed by atoms with E-state index in [9.17, 15) is 4.39 Å². The van der Waals surface area contributed by atoms with Gasteiger partial charge in [0, 0.05) is 18.7 Å². The first kappa shape index (κ1) is 14.3. The van der Waals surface area contributed by atoms with Crippen molar-refractivity contribution in [3.05, 3.63) is 59.4 Å². The number of benzene rings is 2. The smallest absolute Gasteiger partial charge is 0.169 e. The van der Waals surface area contributed by atoms with E-state index in [2.05, 4.69) is 5.32 Å². The largest absolute Gasteiger partial charge is 0.497 e. The summed E-state index contributed by atoms with van der Waals surface area (Å²) in [5.74, 6) is 0.790. The first-order valence-electron chi connectivity index (χ1n) is 6.39. The van der Waals surface area contributed by atoms with Crippen LogP contribution in [0.15, 0.2) is 42.5 Å². The molecule has 3 nitrogen and oxygen atoms in total. The summed E-state index contributed by atoms with van der Waals surface area (Å²) in [5.41, 5.74) is 1.71. The lowest BCUT2D eigenvalue weighted by molar-refractivity contribution is 0.383. The normalized spacial score (nSPS) is 10.3. The zero-order valence-electron chi connectivity index (χ0n) is 11.7. The molecule has 2 aromatic rings. The van der Waals surface area contributed by atoms with Gasteiger partial charge in [0.15, 0.2) is 11.6 Å². The van der Waals surface area contributed by atoms with Crippen molar-refractivity contribution < 1.29 is 13.9 Å². The molecule has 1 N–H and O–H groups in total. The molecule has 20 heavy (non-hydrogen) atoms. The monoisotopic (exact) mass is 275 g/mol. The predicted octanol–water partition coefficient (Wildman–Crippen LogP) is 3.13. The van der Waals surface area contributed by atoms with Gasteiger partial charge in [0.25, 0.3) is 0 Å². The highest BCUT2D eigenvalue weighted by atomic mass is 19.1. The van der Waals surface area contributed by atoms with Crippen molar-refractivity contribution in [2.24, 2.45) is 0 Å². The number of rotatable bonds is 6. The second-order valence-electron chi connectivity index (χ2n) is 4.39. The van der Waals surface area contributed by atoms with Gasteiger partial charge in [-0.15, -0.1) is 0 Å². The van der Waals surface area contributed by atoms with E-state index in [0.717, 1.165) is 11.3 Å². The molecular weight excluding hydrogens is 257 g/mol. The van der Waals surface area contributed by atoms with Gasteiger partial charge in [-0.05, 0) is 23.8 Å². The quantitative estimate of drug-likeness (QED) is 0.878. The Morgan fingerprint density at radius 3 is 2.35 bits per heavy atom. The van der Waals surface area contributed by atoms with Crippen LogP contribution in [0, 0.1) is 5.82 Å². The minimum Gasteiger partial charge on any atom is -0.497 e. The standard InChI is InChI=1S/C16H18FNO2/c1-19-14-8-6-12(7-9-14)10-18-11-13-4-3-5-15(20-2)16(13)17/h3-9,18H,10-11H2,1-2H3. The van der Waals surface area contributed by atoms with Crippen LogP contribution in [0.1, 0.15) is 11.1 Å². The Balaban J connectivity index is 1.92. The number of hydrogen-bond acceptors (Lipinski definition) is 3. The van der Waals surface area contributed by atoms with Crippen molar-refractivity contribution in [2.45, 2.75) is 13.1 Å². The van der Waals surface area contributed by atoms with E-state index in [4.69, 9.17) is 9.47 Å². The summed E-state index contributed by atoms with van der Waals surface area (Å²) < 4.78 is 24.0. The number of nitrogens with one attached hydrogen (secondary N) is 1. The average molecular weight is 275 g/mol. The Morgan fingerprint density at radius 1 is 0.950 bits per heavy atom. The molecule has 0 unspecified atom stereocenters. The minimum atomic E-state index is -0.308. The van der Waals surface area contributed by atoms with Crippen LogP contribution in [0.2, 0.25) is 0 Å². The van der Waals surface area contributed by atoms with Gasteiger partial charge in [0.1, 0.15) is 5.75 Å². The highest BCUT2D eigenvalue weighted by Crippen LogP contribution is 2.19. The van der Waals surface area contributed by atoms with Gasteiger partial charge in [-0.3, -0.25) is 0 Å². The summed E-state index contributed by atoms with van der Waals surface area (Å²) in [6.45, 7) is 1.12. The maximum atomic E-state index is 13.9. The molecule has 4 heteroatoms. The summed E-state index contributed by atoms with van der Waals surface area (Å²) in [7, 11) is 3.10. The van der Waals surface area contributed by atoms with Crippen molar-refractivity contribution in [3.8, 4) is 11.5 Å². The molecule has 0 aliphatic carbocycles. The van der Waals surface area contributed by atoms with Gasteiger partial charge in [0.05, 0.1) is 14.2 Å². The van der Waals surface area contributed by atoms with Crippen LogP contribution in [0.3, 0.4) is 0 Å². The fourth-order valence-corrected chi connectivity index (χ4v) is 1.94. The second kappa shape index (κ2) is 6.91. The highest BCUT2D eigenvalue weighted by molar-refractivity contribution is 5.31. The highest BCUT2D eigenvalue weighted by Gasteiger charge is 2.07. The Hall–Kier alpha value is -2.07. The fraction of sp³-hybridized carbons (Fsp3) is 0.250. The third kappa shape index (κ3) is 3.48. The molecule has 0 radical (unpaired) electrons. The number of halogens is 1. The molecule has 106 valence electrons. The summed E-state index contributed by atoms with van der Waals surface area (Å²) in [4.78, 5) is 0. The molecule has 0 saturated carbocycles. The molecule has 0 aliphatic rings. The number of ether oxygens (including phenoxy) is 2. The van der Waals surface area contributed by atoms with Crippen molar-refractivity contribution in [1.29, 1.82) is 0 Å². The zero-order valence-corrected chi connectivity index (χ0v) is 11.7. The van der Waals surface area contributed by atoms with Gasteiger partial charge < -0.3 is 14.8 Å². The van der Waals surface area contributed by atoms with E-state index < -0.39 is 0 Å². The SMILES string of the molecule is COc1ccc(CNCc2cccc(OC)c2F)cc1. The van der Waals surface area contributed by atoms with Gasteiger partial charge in [-0.1, -0.05) is 24.3 Å². The van der Waals surface area contributed by atoms with Crippen LogP contribution in [0.5, 0.6) is 11.5 Å². The first-order chi connectivity index (χ1) is 9.74. The molecular formula is C16H18FNO2. The molecule has 0 saturated heterocycles. The van der Waals surface area contributed by atoms with Gasteiger partial charge in [-0.2, -0.15) is 0 Å². The fourth-order valence-electron chi connectivity index (χ4n) is 1.94. The molecule has 0 bridgehead atoms. The predicted molar refractivity (Wildman–Crippen MR) is 76.5 cm³/mol. The van der Waals surface area contributed by atoms with Crippen molar-refractivity contribution >= 4 is 0 Å². The Bertz CT molecular complexity index is 555. The Labute approximate surface area is 118 Å². The van der Waals surface area contributed by atoms with E-state index in [1.165, 1.54) is 7.11 Å². The van der Waals surface area contributed by atoms with E-state index in [0.29, 0.717) is 18.7 Å². The number of methoxy groups -OCH3 is 2. The minimum absolute atomic E-state index is 0.272. The maximum absolute atomic E-state index is 13.9. The van der Waals surface area contributed by atoms with Crippen molar-refractivity contribution in [2.75, 3.05) is 14.2 Å². The van der Waals surface area contributed by atoms with Crippen LogP contribution in [-0.2, 0) is 13.1 Å². The third-order valence-electron chi connectivity index (χ3n) is 3.07. The number of hydrogen-bond donors (Lipinski definition) is 1. The van der Waals surface area contributed by atoms with Crippen molar-refractivity contribution in [1.82, 2.24) is 5.32 Å². The van der Waals surface area contributed by atoms with Crippen LogP contribution in [0.4, 0.5) is 4.39 Å². The third-order valence-corrected chi connectivity index (χ3v) is 3.07. The van der Waals surface area contributed by atoms with E-state index >= 15 is 0 Å². The molecule has 2 rings (SSSR count). The first-order valence-corrected chi connectivity index (χ1v) is 6.39. The maximum Gasteiger partial charge on any atom is 0.169 e. The summed E-state index contributed by atoms with van der Waals surface area (Å²) in [5, 5.41) is 3.21. The van der Waals surface area contributed by atoms with Crippen LogP contribution >= 0.6 is 0 Å². The summed E-state index contributed by atoms with van der Waals surface area (Å²) in [6.07, 6.45) is 0. The topological polar surface area (TPSA) is 30.5 Å². The summed E-state index contributed by atoms with van der Waals surface area (Å²) in [6, 6.07) is 12.9. The molecule has 0 amide bonds. The lowest BCUT2D eigenvalue weighted by Crippen LogP contribution is -2.14. The molecule has 0 fully saturated rings. The molecule has 0 aromatic heterocycles. The van der Waals surface area contributed by atoms with Crippen LogP contribution < -0.4 is 14.8 Å². The zero-order chi connectivity index (χ0) is 14.4. The Kier molecular flexibility index (Phi) is 4.96. The molecule has 0 aliphatic heterocycles. The Morgan fingerprint density at radius 2 is 1.70 bits per heavy atom. The molecule has 0 heterocycles. The van der Waals surface area contributed by atoms with Gasteiger partial charge in [0.2, 0.25) is 0 Å². The average Bonchev–Trinajstić information content (AvgIpc) is 2.49. The molecule has 0 atom stereocenters. The van der Waals surface area contributed by atoms with Crippen LogP contribution in [-0.4, -0.2) is 14.2 Å². The van der Waals surface area contributed by atoms with Crippen LogP contribution in [0.25, 0.3) is 0 Å².